The molecule has 8 nitrogen and oxygen atoms in total. The van der Waals surface area contributed by atoms with Gasteiger partial charge < -0.3 is 23.8 Å². The lowest BCUT2D eigenvalue weighted by atomic mass is 9.77. The first-order chi connectivity index (χ1) is 20.8. The van der Waals surface area contributed by atoms with Crippen molar-refractivity contribution < 1.29 is 23.6 Å². The molecule has 1 aromatic heterocycles. The van der Waals surface area contributed by atoms with Crippen molar-refractivity contribution in [1.29, 1.82) is 0 Å². The molecule has 3 fully saturated rings. The van der Waals surface area contributed by atoms with Crippen molar-refractivity contribution in [2.75, 3.05) is 0 Å². The van der Waals surface area contributed by atoms with E-state index in [-0.39, 0.29) is 29.4 Å². The lowest BCUT2D eigenvalue weighted by molar-refractivity contribution is 0.00578. The summed E-state index contributed by atoms with van der Waals surface area (Å²) in [7, 11) is -0.404. The summed E-state index contributed by atoms with van der Waals surface area (Å²) in [6.07, 6.45) is 7.09. The SMILES string of the molecule is CC(C)(C)OC(=O)N1C(c2ncc(-c3ccc4c(c3)OCc3cc(B5OC(C)(C)C(C)(C)O5)ccc3-4)[nH]2)C[C@@H]2CCCC[C@@H]21. The molecule has 1 N–H and O–H groups in total. The molecule has 232 valence electrons. The van der Waals surface area contributed by atoms with Crippen LogP contribution in [0, 0.1) is 5.92 Å². The van der Waals surface area contributed by atoms with E-state index < -0.39 is 12.7 Å². The molecule has 1 saturated carbocycles. The molecular weight excluding hydrogens is 553 g/mol. The molecule has 1 unspecified atom stereocenters. The highest BCUT2D eigenvalue weighted by Gasteiger charge is 2.52. The fourth-order valence-corrected chi connectivity index (χ4v) is 7.24. The normalized spacial score (nSPS) is 25.2. The summed E-state index contributed by atoms with van der Waals surface area (Å²) in [6.45, 7) is 14.5. The topological polar surface area (TPSA) is 85.9 Å². The maximum absolute atomic E-state index is 13.4. The van der Waals surface area contributed by atoms with Crippen LogP contribution in [0.4, 0.5) is 4.79 Å². The number of aromatic nitrogens is 2. The molecule has 1 amide bonds. The molecule has 0 bridgehead atoms. The van der Waals surface area contributed by atoms with Crippen LogP contribution >= 0.6 is 0 Å². The maximum atomic E-state index is 13.4. The number of nitrogens with one attached hydrogen (secondary N) is 1. The number of imidazole rings is 1. The minimum atomic E-state index is -0.544. The van der Waals surface area contributed by atoms with Crippen LogP contribution in [0.15, 0.2) is 42.6 Å². The maximum Gasteiger partial charge on any atom is 0.494 e. The first-order valence-electron chi connectivity index (χ1n) is 16.1. The van der Waals surface area contributed by atoms with Crippen LogP contribution in [0.3, 0.4) is 0 Å². The van der Waals surface area contributed by atoms with Gasteiger partial charge in [-0.2, -0.15) is 0 Å². The van der Waals surface area contributed by atoms with Crippen LogP contribution < -0.4 is 10.2 Å². The van der Waals surface area contributed by atoms with Crippen LogP contribution in [0.2, 0.25) is 0 Å². The van der Waals surface area contributed by atoms with Gasteiger partial charge in [-0.1, -0.05) is 37.1 Å². The van der Waals surface area contributed by atoms with Gasteiger partial charge >= 0.3 is 13.2 Å². The molecule has 4 heterocycles. The van der Waals surface area contributed by atoms with Crippen LogP contribution in [0.5, 0.6) is 5.75 Å². The van der Waals surface area contributed by atoms with Crippen LogP contribution in [-0.4, -0.2) is 50.9 Å². The van der Waals surface area contributed by atoms with Crippen molar-refractivity contribution in [2.45, 2.75) is 116 Å². The number of nitrogens with zero attached hydrogens (tertiary/aromatic N) is 2. The average molecular weight is 598 g/mol. The smallest absolute Gasteiger partial charge is 0.488 e. The summed E-state index contributed by atoms with van der Waals surface area (Å²) in [6, 6.07) is 12.8. The molecule has 0 radical (unpaired) electrons. The molecule has 9 heteroatoms. The minimum absolute atomic E-state index is 0.120. The second-order valence-electron chi connectivity index (χ2n) is 14.9. The summed E-state index contributed by atoms with van der Waals surface area (Å²) < 4.78 is 24.7. The Kier molecular flexibility index (Phi) is 6.94. The molecule has 44 heavy (non-hydrogen) atoms. The van der Waals surface area contributed by atoms with Crippen LogP contribution in [-0.2, 0) is 20.7 Å². The van der Waals surface area contributed by atoms with Gasteiger partial charge in [-0.15, -0.1) is 0 Å². The quantitative estimate of drug-likeness (QED) is 0.322. The second kappa shape index (κ2) is 10.4. The van der Waals surface area contributed by atoms with E-state index in [2.05, 4.69) is 69.1 Å². The van der Waals surface area contributed by atoms with Gasteiger partial charge in [0.05, 0.1) is 29.1 Å². The summed E-state index contributed by atoms with van der Waals surface area (Å²) in [4.78, 5) is 23.8. The Hall–Kier alpha value is -3.30. The number of likely N-dealkylation sites (tertiary alicyclic amines) is 1. The number of ether oxygens (including phenoxy) is 2. The number of carbonyl (C=O) groups excluding carboxylic acids is 1. The molecule has 2 saturated heterocycles. The number of rotatable bonds is 3. The first-order valence-corrected chi connectivity index (χ1v) is 16.1. The van der Waals surface area contributed by atoms with E-state index in [4.69, 9.17) is 23.8 Å². The number of hydrogen-bond donors (Lipinski definition) is 1. The highest BCUT2D eigenvalue weighted by molar-refractivity contribution is 6.62. The van der Waals surface area contributed by atoms with E-state index >= 15 is 0 Å². The van der Waals surface area contributed by atoms with E-state index in [1.807, 2.05) is 31.9 Å². The van der Waals surface area contributed by atoms with Gasteiger partial charge in [-0.3, -0.25) is 4.90 Å². The zero-order valence-electron chi connectivity index (χ0n) is 27.0. The van der Waals surface area contributed by atoms with Crippen molar-refractivity contribution in [2.24, 2.45) is 5.92 Å². The van der Waals surface area contributed by atoms with Crippen molar-refractivity contribution in [3.05, 3.63) is 54.0 Å². The predicted octanol–water partition coefficient (Wildman–Crippen LogP) is 7.18. The van der Waals surface area contributed by atoms with Gasteiger partial charge in [0, 0.05) is 17.2 Å². The summed E-state index contributed by atoms with van der Waals surface area (Å²) in [5.41, 5.74) is 4.93. The molecule has 4 aliphatic rings. The zero-order chi connectivity index (χ0) is 31.0. The minimum Gasteiger partial charge on any atom is -0.488 e. The van der Waals surface area contributed by atoms with E-state index in [9.17, 15) is 4.79 Å². The van der Waals surface area contributed by atoms with E-state index in [0.717, 1.165) is 70.7 Å². The van der Waals surface area contributed by atoms with E-state index in [1.54, 1.807) is 0 Å². The standard InChI is InChI=1S/C35H44BN3O5/c1-33(2,3)42-32(40)39-28-11-9-8-10-22(28)17-29(39)31-37-19-27(38-31)21-12-14-26-25-15-13-24(16-23(25)20-41-30(26)18-21)36-43-34(4,5)35(6,7)44-36/h12-16,18-19,22,28-29H,8-11,17,20H2,1-7H3,(H,37,38)/t22-,28-,29?/m0/s1. The Morgan fingerprint density at radius 2 is 1.75 bits per heavy atom. The monoisotopic (exact) mass is 597 g/mol. The lowest BCUT2D eigenvalue weighted by Crippen LogP contribution is -2.43. The fraction of sp³-hybridized carbons (Fsp3) is 0.543. The third kappa shape index (κ3) is 5.12. The Balaban J connectivity index is 1.13. The number of carbonyl (C=O) groups is 1. The van der Waals surface area contributed by atoms with Gasteiger partial charge in [0.15, 0.2) is 0 Å². The predicted molar refractivity (Wildman–Crippen MR) is 171 cm³/mol. The molecule has 3 aliphatic heterocycles. The Bertz CT molecular complexity index is 1580. The fourth-order valence-electron chi connectivity index (χ4n) is 7.24. The van der Waals surface area contributed by atoms with Crippen molar-refractivity contribution in [1.82, 2.24) is 14.9 Å². The highest BCUT2D eigenvalue weighted by Crippen LogP contribution is 2.47. The van der Waals surface area contributed by atoms with E-state index in [0.29, 0.717) is 12.5 Å². The van der Waals surface area contributed by atoms with Crippen LogP contribution in [0.25, 0.3) is 22.4 Å². The number of fused-ring (bicyclic) bond motifs is 4. The van der Waals surface area contributed by atoms with Gasteiger partial charge in [0.25, 0.3) is 0 Å². The highest BCUT2D eigenvalue weighted by atomic mass is 16.7. The number of hydrogen-bond acceptors (Lipinski definition) is 6. The third-order valence-electron chi connectivity index (χ3n) is 10.2. The summed E-state index contributed by atoms with van der Waals surface area (Å²) in [5, 5.41) is 0. The van der Waals surface area contributed by atoms with Gasteiger partial charge in [-0.25, -0.2) is 9.78 Å². The molecular formula is C35H44BN3O5. The molecule has 3 aromatic rings. The third-order valence-corrected chi connectivity index (χ3v) is 10.2. The Morgan fingerprint density at radius 1 is 1.02 bits per heavy atom. The first kappa shape index (κ1) is 29.4. The molecule has 0 spiro atoms. The van der Waals surface area contributed by atoms with Crippen molar-refractivity contribution in [3.8, 4) is 28.1 Å². The number of H-pyrrole nitrogens is 1. The number of aromatic amines is 1. The van der Waals surface area contributed by atoms with Gasteiger partial charge in [0.2, 0.25) is 0 Å². The Labute approximate surface area is 261 Å². The van der Waals surface area contributed by atoms with Crippen molar-refractivity contribution >= 4 is 18.7 Å². The number of benzene rings is 2. The number of amides is 1. The zero-order valence-corrected chi connectivity index (χ0v) is 27.0. The summed E-state index contributed by atoms with van der Waals surface area (Å²) in [5.74, 6) is 2.15. The largest absolute Gasteiger partial charge is 0.494 e. The Morgan fingerprint density at radius 3 is 2.50 bits per heavy atom. The molecule has 1 aliphatic carbocycles. The molecule has 2 aromatic carbocycles. The lowest BCUT2D eigenvalue weighted by Gasteiger charge is -2.34. The second-order valence-corrected chi connectivity index (χ2v) is 14.9. The molecule has 3 atom stereocenters. The summed E-state index contributed by atoms with van der Waals surface area (Å²) >= 11 is 0. The van der Waals surface area contributed by atoms with Crippen LogP contribution in [0.1, 0.15) is 98.0 Å². The van der Waals surface area contributed by atoms with Crippen molar-refractivity contribution in [3.63, 3.8) is 0 Å². The van der Waals surface area contributed by atoms with Gasteiger partial charge in [0.1, 0.15) is 23.8 Å². The average Bonchev–Trinajstić information content (AvgIpc) is 3.65. The van der Waals surface area contributed by atoms with Gasteiger partial charge in [-0.05, 0) is 102 Å². The van der Waals surface area contributed by atoms with E-state index in [1.165, 1.54) is 6.42 Å². The molecule has 7 rings (SSSR count).